The number of ether oxygens (including phenoxy) is 1. The topological polar surface area (TPSA) is 72.6 Å². The largest absolute Gasteiger partial charge is 0.370 e. The highest BCUT2D eigenvalue weighted by atomic mass is 32.2. The van der Waals surface area contributed by atoms with Gasteiger partial charge in [0.15, 0.2) is 0 Å². The third-order valence-electron chi connectivity index (χ3n) is 3.31. The van der Waals surface area contributed by atoms with Crippen LogP contribution in [-0.4, -0.2) is 37.5 Å². The molecule has 0 amide bonds. The summed E-state index contributed by atoms with van der Waals surface area (Å²) in [5, 5.41) is 0. The van der Waals surface area contributed by atoms with E-state index in [4.69, 9.17) is 10.5 Å². The van der Waals surface area contributed by atoms with Crippen LogP contribution in [0.15, 0.2) is 29.2 Å². The van der Waals surface area contributed by atoms with Crippen molar-refractivity contribution in [2.24, 2.45) is 5.73 Å². The van der Waals surface area contributed by atoms with E-state index in [0.717, 1.165) is 5.56 Å². The first-order chi connectivity index (χ1) is 9.24. The van der Waals surface area contributed by atoms with Crippen molar-refractivity contribution in [1.82, 2.24) is 4.31 Å². The van der Waals surface area contributed by atoms with E-state index < -0.39 is 15.6 Å². The lowest BCUT2D eigenvalue weighted by molar-refractivity contribution is -0.109. The fourth-order valence-electron chi connectivity index (χ4n) is 2.56. The molecule has 1 aromatic carbocycles. The molecule has 20 heavy (non-hydrogen) atoms. The lowest BCUT2D eigenvalue weighted by Gasteiger charge is -2.40. The number of nitrogens with two attached hydrogens (primary N) is 1. The van der Waals surface area contributed by atoms with Gasteiger partial charge in [-0.25, -0.2) is 8.42 Å². The van der Waals surface area contributed by atoms with Gasteiger partial charge in [0.05, 0.1) is 16.6 Å². The summed E-state index contributed by atoms with van der Waals surface area (Å²) in [5.41, 5.74) is 5.91. The fourth-order valence-corrected chi connectivity index (χ4v) is 4.30. The van der Waals surface area contributed by atoms with E-state index in [1.54, 1.807) is 18.2 Å². The van der Waals surface area contributed by atoms with E-state index in [-0.39, 0.29) is 6.10 Å². The van der Waals surface area contributed by atoms with Crippen LogP contribution in [0.3, 0.4) is 0 Å². The molecule has 1 unspecified atom stereocenters. The lowest BCUT2D eigenvalue weighted by atomic mass is 10.1. The van der Waals surface area contributed by atoms with Crippen LogP contribution in [0.1, 0.15) is 26.3 Å². The normalized spacial score (nSPS) is 23.7. The van der Waals surface area contributed by atoms with Gasteiger partial charge >= 0.3 is 0 Å². The second-order valence-electron chi connectivity index (χ2n) is 5.84. The molecule has 112 valence electrons. The maximum absolute atomic E-state index is 12.7. The van der Waals surface area contributed by atoms with Crippen LogP contribution in [0.5, 0.6) is 0 Å². The van der Waals surface area contributed by atoms with Crippen LogP contribution in [0, 0.1) is 0 Å². The first kappa shape index (κ1) is 15.4. The number of hydrogen-bond donors (Lipinski definition) is 1. The molecule has 0 spiro atoms. The molecule has 0 radical (unpaired) electrons. The van der Waals surface area contributed by atoms with Crippen molar-refractivity contribution < 1.29 is 13.2 Å². The van der Waals surface area contributed by atoms with Gasteiger partial charge in [-0.1, -0.05) is 12.1 Å². The van der Waals surface area contributed by atoms with E-state index in [9.17, 15) is 8.42 Å². The highest BCUT2D eigenvalue weighted by molar-refractivity contribution is 7.89. The number of nitrogens with zero attached hydrogens (tertiary/aromatic N) is 1. The van der Waals surface area contributed by atoms with Crippen LogP contribution in [0.4, 0.5) is 0 Å². The van der Waals surface area contributed by atoms with Gasteiger partial charge in [-0.2, -0.15) is 4.31 Å². The summed E-state index contributed by atoms with van der Waals surface area (Å²) >= 11 is 0. The molecule has 1 fully saturated rings. The molecule has 5 nitrogen and oxygen atoms in total. The summed E-state index contributed by atoms with van der Waals surface area (Å²) in [7, 11) is -3.50. The first-order valence-corrected chi connectivity index (χ1v) is 8.15. The first-order valence-electron chi connectivity index (χ1n) is 6.71. The van der Waals surface area contributed by atoms with Gasteiger partial charge in [0, 0.05) is 19.6 Å². The van der Waals surface area contributed by atoms with Gasteiger partial charge in [0.25, 0.3) is 0 Å². The monoisotopic (exact) mass is 298 g/mol. The average Bonchev–Trinajstić information content (AvgIpc) is 2.36. The minimum Gasteiger partial charge on any atom is -0.370 e. The van der Waals surface area contributed by atoms with E-state index in [1.807, 2.05) is 26.8 Å². The molecule has 1 aliphatic rings. The molecule has 1 aromatic rings. The Hall–Kier alpha value is -0.950. The van der Waals surface area contributed by atoms with Gasteiger partial charge < -0.3 is 10.5 Å². The van der Waals surface area contributed by atoms with E-state index >= 15 is 0 Å². The SMILES string of the molecule is CC1CN(S(=O)(=O)c2cccc(CN)c2)CC(C)(C)O1. The Bertz CT molecular complexity index is 584. The Labute approximate surface area is 120 Å². The Morgan fingerprint density at radius 3 is 2.75 bits per heavy atom. The number of hydrogen-bond acceptors (Lipinski definition) is 4. The third kappa shape index (κ3) is 3.20. The van der Waals surface area contributed by atoms with Crippen molar-refractivity contribution >= 4 is 10.0 Å². The number of morpholine rings is 1. The van der Waals surface area contributed by atoms with Crippen molar-refractivity contribution in [3.63, 3.8) is 0 Å². The average molecular weight is 298 g/mol. The molecular formula is C14H22N2O3S. The second kappa shape index (κ2) is 5.44. The smallest absolute Gasteiger partial charge is 0.243 e. The molecule has 0 aliphatic carbocycles. The predicted molar refractivity (Wildman–Crippen MR) is 77.7 cm³/mol. The minimum atomic E-state index is -3.50. The van der Waals surface area contributed by atoms with E-state index in [0.29, 0.717) is 24.5 Å². The maximum atomic E-state index is 12.7. The lowest BCUT2D eigenvalue weighted by Crippen LogP contribution is -2.53. The molecular weight excluding hydrogens is 276 g/mol. The van der Waals surface area contributed by atoms with Crippen LogP contribution in [0.25, 0.3) is 0 Å². The Morgan fingerprint density at radius 1 is 1.45 bits per heavy atom. The molecule has 1 heterocycles. The van der Waals surface area contributed by atoms with Crippen molar-refractivity contribution in [3.8, 4) is 0 Å². The third-order valence-corrected chi connectivity index (χ3v) is 5.12. The zero-order valence-corrected chi connectivity index (χ0v) is 13.0. The van der Waals surface area contributed by atoms with Gasteiger partial charge in [-0.3, -0.25) is 0 Å². The van der Waals surface area contributed by atoms with E-state index in [1.165, 1.54) is 4.31 Å². The molecule has 2 N–H and O–H groups in total. The molecule has 6 heteroatoms. The Balaban J connectivity index is 2.34. The van der Waals surface area contributed by atoms with Gasteiger partial charge in [0.2, 0.25) is 10.0 Å². The molecule has 0 aromatic heterocycles. The van der Waals surface area contributed by atoms with E-state index in [2.05, 4.69) is 0 Å². The summed E-state index contributed by atoms with van der Waals surface area (Å²) in [4.78, 5) is 0.297. The Kier molecular flexibility index (Phi) is 4.20. The van der Waals surface area contributed by atoms with Crippen LogP contribution >= 0.6 is 0 Å². The molecule has 2 rings (SSSR count). The zero-order chi connectivity index (χ0) is 15.0. The van der Waals surface area contributed by atoms with Gasteiger partial charge in [-0.05, 0) is 38.5 Å². The minimum absolute atomic E-state index is 0.119. The summed E-state index contributed by atoms with van der Waals surface area (Å²) in [6.07, 6.45) is -0.119. The summed E-state index contributed by atoms with van der Waals surface area (Å²) in [6, 6.07) is 6.80. The molecule has 1 aliphatic heterocycles. The molecule has 1 atom stereocenters. The highest BCUT2D eigenvalue weighted by Gasteiger charge is 2.37. The molecule has 0 bridgehead atoms. The Morgan fingerprint density at radius 2 is 2.15 bits per heavy atom. The van der Waals surface area contributed by atoms with Gasteiger partial charge in [-0.15, -0.1) is 0 Å². The van der Waals surface area contributed by atoms with Crippen molar-refractivity contribution in [1.29, 1.82) is 0 Å². The highest BCUT2D eigenvalue weighted by Crippen LogP contribution is 2.26. The number of rotatable bonds is 3. The number of benzene rings is 1. The quantitative estimate of drug-likeness (QED) is 0.914. The standard InChI is InChI=1S/C14H22N2O3S/c1-11-9-16(10-14(2,3)19-11)20(17,18)13-6-4-5-12(7-13)8-15/h4-7,11H,8-10,15H2,1-3H3. The van der Waals surface area contributed by atoms with Gasteiger partial charge in [0.1, 0.15) is 0 Å². The van der Waals surface area contributed by atoms with Crippen molar-refractivity contribution in [2.75, 3.05) is 13.1 Å². The van der Waals surface area contributed by atoms with Crippen LogP contribution in [-0.2, 0) is 21.3 Å². The summed E-state index contributed by atoms with van der Waals surface area (Å²) in [6.45, 7) is 6.75. The van der Waals surface area contributed by atoms with Crippen LogP contribution in [0.2, 0.25) is 0 Å². The molecule has 1 saturated heterocycles. The summed E-state index contributed by atoms with van der Waals surface area (Å²) in [5.74, 6) is 0. The number of sulfonamides is 1. The second-order valence-corrected chi connectivity index (χ2v) is 7.78. The van der Waals surface area contributed by atoms with Crippen molar-refractivity contribution in [3.05, 3.63) is 29.8 Å². The van der Waals surface area contributed by atoms with Crippen LogP contribution < -0.4 is 5.73 Å². The van der Waals surface area contributed by atoms with Crippen molar-refractivity contribution in [2.45, 2.75) is 43.9 Å². The fraction of sp³-hybridized carbons (Fsp3) is 0.571. The predicted octanol–water partition coefficient (Wildman–Crippen LogP) is 1.33. The molecule has 0 saturated carbocycles. The summed E-state index contributed by atoms with van der Waals surface area (Å²) < 4.78 is 32.7. The zero-order valence-electron chi connectivity index (χ0n) is 12.2. The maximum Gasteiger partial charge on any atom is 0.243 e.